The summed E-state index contributed by atoms with van der Waals surface area (Å²) in [6, 6.07) is 10.1. The molecular weight excluding hydrogens is 438 g/mol. The van der Waals surface area contributed by atoms with Crippen LogP contribution in [0.15, 0.2) is 44.6 Å². The lowest BCUT2D eigenvalue weighted by molar-refractivity contribution is -0.128. The van der Waals surface area contributed by atoms with Gasteiger partial charge >= 0.3 is 0 Å². The number of rotatable bonds is 8. The van der Waals surface area contributed by atoms with Crippen molar-refractivity contribution in [2.24, 2.45) is 23.7 Å². The highest BCUT2D eigenvalue weighted by Crippen LogP contribution is 2.58. The molecular formula is C25H29N3O4S. The number of amides is 2. The molecule has 0 radical (unpaired) electrons. The van der Waals surface area contributed by atoms with Crippen LogP contribution in [-0.2, 0) is 4.79 Å². The SMILES string of the molecule is O=C(NC1C2CC3CC(C2)C1C3)c1onc(OCCN2CCCC2=O)c1Sc1ccccc1. The number of carbonyl (C=O) groups is 2. The molecule has 0 spiro atoms. The van der Waals surface area contributed by atoms with E-state index in [-0.39, 0.29) is 23.6 Å². The summed E-state index contributed by atoms with van der Waals surface area (Å²) in [7, 11) is 0. The van der Waals surface area contributed by atoms with Crippen LogP contribution >= 0.6 is 11.8 Å². The van der Waals surface area contributed by atoms with E-state index in [1.54, 1.807) is 0 Å². The lowest BCUT2D eigenvalue weighted by atomic mass is 9.79. The maximum absolute atomic E-state index is 13.3. The van der Waals surface area contributed by atoms with Crippen molar-refractivity contribution < 1.29 is 18.8 Å². The molecule has 4 aliphatic carbocycles. The third-order valence-electron chi connectivity index (χ3n) is 7.92. The molecule has 5 atom stereocenters. The quantitative estimate of drug-likeness (QED) is 0.632. The van der Waals surface area contributed by atoms with E-state index < -0.39 is 0 Å². The minimum atomic E-state index is -0.202. The summed E-state index contributed by atoms with van der Waals surface area (Å²) < 4.78 is 11.5. The number of benzene rings is 1. The van der Waals surface area contributed by atoms with Crippen LogP contribution in [0.1, 0.15) is 49.1 Å². The van der Waals surface area contributed by atoms with Gasteiger partial charge in [0.1, 0.15) is 11.5 Å². The topological polar surface area (TPSA) is 84.7 Å². The lowest BCUT2D eigenvalue weighted by Crippen LogP contribution is -2.44. The first-order chi connectivity index (χ1) is 16.2. The molecule has 7 nitrogen and oxygen atoms in total. The van der Waals surface area contributed by atoms with Crippen molar-refractivity contribution in [3.05, 3.63) is 36.1 Å². The molecule has 2 amide bonds. The molecule has 1 saturated heterocycles. The van der Waals surface area contributed by atoms with Gasteiger partial charge in [-0.05, 0) is 73.1 Å². The van der Waals surface area contributed by atoms with E-state index in [1.807, 2.05) is 35.2 Å². The molecule has 1 aliphatic heterocycles. The Kier molecular flexibility index (Phi) is 5.56. The van der Waals surface area contributed by atoms with E-state index in [0.717, 1.165) is 29.7 Å². The van der Waals surface area contributed by atoms with E-state index in [4.69, 9.17) is 9.26 Å². The molecule has 4 saturated carbocycles. The minimum absolute atomic E-state index is 0.165. The number of likely N-dealkylation sites (tertiary alicyclic amines) is 1. The predicted octanol–water partition coefficient (Wildman–Crippen LogP) is 3.99. The van der Waals surface area contributed by atoms with Gasteiger partial charge in [0.25, 0.3) is 11.8 Å². The minimum Gasteiger partial charge on any atom is -0.473 e. The molecule has 1 N–H and O–H groups in total. The van der Waals surface area contributed by atoms with Gasteiger partial charge in [0, 0.05) is 23.9 Å². The Hall–Kier alpha value is -2.48. The van der Waals surface area contributed by atoms with Crippen LogP contribution in [0.2, 0.25) is 0 Å². The fourth-order valence-corrected chi connectivity index (χ4v) is 7.51. The van der Waals surface area contributed by atoms with Gasteiger partial charge in [-0.3, -0.25) is 9.59 Å². The normalized spacial score (nSPS) is 29.8. The van der Waals surface area contributed by atoms with Crippen molar-refractivity contribution in [2.75, 3.05) is 19.7 Å². The van der Waals surface area contributed by atoms with Gasteiger partial charge in [-0.15, -0.1) is 0 Å². The Labute approximate surface area is 197 Å². The van der Waals surface area contributed by atoms with E-state index in [0.29, 0.717) is 42.2 Å². The standard InChI is InChI=1S/C25H29N3O4S/c29-20-7-4-8-28(20)9-10-31-25-23(33-18-5-2-1-3-6-18)22(32-27-25)24(30)26-21-17-12-15-11-16(14-17)19(21)13-15/h1-3,5-6,15-17,19,21H,4,7-14H2,(H,26,30). The Morgan fingerprint density at radius 1 is 1.18 bits per heavy atom. The summed E-state index contributed by atoms with van der Waals surface area (Å²) in [5.74, 6) is 3.34. The smallest absolute Gasteiger partial charge is 0.291 e. The molecule has 8 heteroatoms. The molecule has 2 aromatic rings. The van der Waals surface area contributed by atoms with Crippen molar-refractivity contribution in [3.8, 4) is 5.88 Å². The van der Waals surface area contributed by atoms with Crippen molar-refractivity contribution in [2.45, 2.75) is 54.4 Å². The first-order valence-corrected chi connectivity index (χ1v) is 12.9. The monoisotopic (exact) mass is 467 g/mol. The van der Waals surface area contributed by atoms with E-state index in [9.17, 15) is 9.59 Å². The summed E-state index contributed by atoms with van der Waals surface area (Å²) in [5.41, 5.74) is 0. The summed E-state index contributed by atoms with van der Waals surface area (Å²) in [6.45, 7) is 1.60. The fourth-order valence-electron chi connectivity index (χ4n) is 6.57. The zero-order valence-electron chi connectivity index (χ0n) is 18.6. The summed E-state index contributed by atoms with van der Waals surface area (Å²) in [4.78, 5) is 28.6. The number of carbonyl (C=O) groups excluding carboxylic acids is 2. The average molecular weight is 468 g/mol. The van der Waals surface area contributed by atoms with E-state index in [2.05, 4.69) is 10.5 Å². The number of ether oxygens (including phenoxy) is 1. The number of hydrogen-bond acceptors (Lipinski definition) is 6. The second-order valence-electron chi connectivity index (χ2n) is 9.89. The molecule has 5 fully saturated rings. The van der Waals surface area contributed by atoms with Gasteiger partial charge in [0.2, 0.25) is 11.7 Å². The first-order valence-electron chi connectivity index (χ1n) is 12.1. The zero-order chi connectivity index (χ0) is 22.4. The molecule has 7 rings (SSSR count). The summed E-state index contributed by atoms with van der Waals surface area (Å²) >= 11 is 1.42. The van der Waals surface area contributed by atoms with Gasteiger partial charge in [0.05, 0.1) is 6.54 Å². The molecule has 1 aromatic carbocycles. The van der Waals surface area contributed by atoms with Crippen molar-refractivity contribution in [1.29, 1.82) is 0 Å². The van der Waals surface area contributed by atoms with Gasteiger partial charge in [0.15, 0.2) is 0 Å². The van der Waals surface area contributed by atoms with Crippen LogP contribution in [-0.4, -0.2) is 47.6 Å². The Bertz CT molecular complexity index is 1040. The molecule has 33 heavy (non-hydrogen) atoms. The zero-order valence-corrected chi connectivity index (χ0v) is 19.4. The number of nitrogens with one attached hydrogen (secondary N) is 1. The van der Waals surface area contributed by atoms with E-state index >= 15 is 0 Å². The lowest BCUT2D eigenvalue weighted by Gasteiger charge is -2.32. The molecule has 4 bridgehead atoms. The first kappa shape index (κ1) is 21.1. The van der Waals surface area contributed by atoms with Crippen molar-refractivity contribution >= 4 is 23.6 Å². The third-order valence-corrected chi connectivity index (χ3v) is 8.99. The number of hydrogen-bond donors (Lipinski definition) is 1. The van der Waals surface area contributed by atoms with Crippen molar-refractivity contribution in [1.82, 2.24) is 15.4 Å². The van der Waals surface area contributed by atoms with Crippen LogP contribution in [0.3, 0.4) is 0 Å². The third kappa shape index (κ3) is 4.03. The van der Waals surface area contributed by atoms with Gasteiger partial charge in [-0.1, -0.05) is 30.0 Å². The second kappa shape index (κ2) is 8.70. The Balaban J connectivity index is 1.19. The number of nitrogens with zero attached hydrogens (tertiary/aromatic N) is 2. The van der Waals surface area contributed by atoms with Gasteiger partial charge in [-0.2, -0.15) is 0 Å². The highest BCUT2D eigenvalue weighted by Gasteiger charge is 2.54. The Morgan fingerprint density at radius 3 is 2.82 bits per heavy atom. The molecule has 5 unspecified atom stereocenters. The average Bonchev–Trinajstić information content (AvgIpc) is 3.54. The summed E-state index contributed by atoms with van der Waals surface area (Å²) in [5, 5.41) is 7.41. The maximum atomic E-state index is 13.3. The van der Waals surface area contributed by atoms with Crippen LogP contribution in [0.4, 0.5) is 0 Å². The molecule has 1 aromatic heterocycles. The van der Waals surface area contributed by atoms with Gasteiger partial charge in [-0.25, -0.2) is 0 Å². The van der Waals surface area contributed by atoms with Gasteiger partial charge < -0.3 is 19.5 Å². The molecule has 174 valence electrons. The van der Waals surface area contributed by atoms with Crippen LogP contribution in [0.5, 0.6) is 5.88 Å². The van der Waals surface area contributed by atoms with Crippen LogP contribution in [0.25, 0.3) is 0 Å². The largest absolute Gasteiger partial charge is 0.473 e. The van der Waals surface area contributed by atoms with Crippen molar-refractivity contribution in [3.63, 3.8) is 0 Å². The summed E-state index contributed by atoms with van der Waals surface area (Å²) in [6.07, 6.45) is 6.57. The highest BCUT2D eigenvalue weighted by atomic mass is 32.2. The van der Waals surface area contributed by atoms with Crippen LogP contribution < -0.4 is 10.1 Å². The Morgan fingerprint density at radius 2 is 2.03 bits per heavy atom. The van der Waals surface area contributed by atoms with Crippen LogP contribution in [0, 0.1) is 23.7 Å². The predicted molar refractivity (Wildman–Crippen MR) is 122 cm³/mol. The highest BCUT2D eigenvalue weighted by molar-refractivity contribution is 7.99. The second-order valence-corrected chi connectivity index (χ2v) is 11.0. The number of aromatic nitrogens is 1. The molecule has 2 heterocycles. The van der Waals surface area contributed by atoms with E-state index in [1.165, 1.54) is 37.4 Å². The molecule has 5 aliphatic rings. The fraction of sp³-hybridized carbons (Fsp3) is 0.560. The maximum Gasteiger partial charge on any atom is 0.291 e.